The second kappa shape index (κ2) is 7.85. The molecule has 0 bridgehead atoms. The number of nitrogens with one attached hydrogen (secondary N) is 1. The number of rotatable bonds is 7. The summed E-state index contributed by atoms with van der Waals surface area (Å²) in [6.45, 7) is 5.38. The molecule has 0 spiro atoms. The summed E-state index contributed by atoms with van der Waals surface area (Å²) in [7, 11) is 3.36. The summed E-state index contributed by atoms with van der Waals surface area (Å²) in [5.41, 5.74) is 0.919. The Labute approximate surface area is 122 Å². The fourth-order valence-electron chi connectivity index (χ4n) is 1.49. The van der Waals surface area contributed by atoms with Crippen LogP contribution in [0.5, 0.6) is 0 Å². The number of methoxy groups -OCH3 is 2. The largest absolute Gasteiger partial charge is 0.381 e. The van der Waals surface area contributed by atoms with Crippen molar-refractivity contribution in [3.8, 4) is 0 Å². The van der Waals surface area contributed by atoms with Crippen LogP contribution >= 0.6 is 22.6 Å². The summed E-state index contributed by atoms with van der Waals surface area (Å²) in [5, 5.41) is 3.25. The molecule has 1 heterocycles. The molecule has 1 aromatic rings. The van der Waals surface area contributed by atoms with E-state index in [1.807, 2.05) is 13.8 Å². The molecule has 1 atom stereocenters. The summed E-state index contributed by atoms with van der Waals surface area (Å²) >= 11 is 2.25. The number of aromatic nitrogens is 2. The first-order valence-corrected chi connectivity index (χ1v) is 7.01. The molecule has 5 nitrogen and oxygen atoms in total. The van der Waals surface area contributed by atoms with Crippen molar-refractivity contribution in [1.82, 2.24) is 9.97 Å². The number of ether oxygens (including phenoxy) is 2. The Bertz CT molecular complexity index is 361. The number of hydrogen-bond acceptors (Lipinski definition) is 5. The highest BCUT2D eigenvalue weighted by Gasteiger charge is 2.13. The van der Waals surface area contributed by atoms with E-state index in [4.69, 9.17) is 9.47 Å². The van der Waals surface area contributed by atoms with Crippen LogP contribution in [0, 0.1) is 3.57 Å². The zero-order valence-electron chi connectivity index (χ0n) is 11.3. The molecule has 0 saturated heterocycles. The third-order valence-electron chi connectivity index (χ3n) is 2.46. The molecule has 0 radical (unpaired) electrons. The van der Waals surface area contributed by atoms with Gasteiger partial charge in [0.15, 0.2) is 0 Å². The average molecular weight is 365 g/mol. The molecule has 1 aromatic heterocycles. The average Bonchev–Trinajstić information content (AvgIpc) is 2.35. The lowest BCUT2D eigenvalue weighted by Gasteiger charge is -2.13. The maximum absolute atomic E-state index is 5.25. The maximum atomic E-state index is 5.25. The predicted octanol–water partition coefficient (Wildman–Crippen LogP) is 2.24. The number of halogens is 1. The first-order chi connectivity index (χ1) is 8.62. The molecular formula is C12H20IN3O2. The van der Waals surface area contributed by atoms with Crippen LogP contribution in [-0.4, -0.2) is 36.8 Å². The fraction of sp³-hybridized carbons (Fsp3) is 0.667. The van der Waals surface area contributed by atoms with Crippen LogP contribution < -0.4 is 5.32 Å². The topological polar surface area (TPSA) is 56.3 Å². The van der Waals surface area contributed by atoms with E-state index in [1.165, 1.54) is 0 Å². The van der Waals surface area contributed by atoms with E-state index in [-0.39, 0.29) is 6.10 Å². The molecule has 1 N–H and O–H groups in total. The van der Waals surface area contributed by atoms with Crippen molar-refractivity contribution in [2.45, 2.75) is 33.0 Å². The molecular weight excluding hydrogens is 345 g/mol. The highest BCUT2D eigenvalue weighted by Crippen LogP contribution is 2.20. The van der Waals surface area contributed by atoms with E-state index in [1.54, 1.807) is 14.2 Å². The van der Waals surface area contributed by atoms with Crippen LogP contribution in [0.4, 0.5) is 5.82 Å². The summed E-state index contributed by atoms with van der Waals surface area (Å²) in [5.74, 6) is 1.66. The highest BCUT2D eigenvalue weighted by atomic mass is 127. The minimum atomic E-state index is 0.106. The van der Waals surface area contributed by atoms with Crippen LogP contribution in [0.1, 0.15) is 25.4 Å². The molecule has 0 amide bonds. The SMILES string of the molecule is CCNc1nc(CC(C)OC)nc(COC)c1I. The second-order valence-corrected chi connectivity index (χ2v) is 5.04. The van der Waals surface area contributed by atoms with Gasteiger partial charge >= 0.3 is 0 Å². The summed E-state index contributed by atoms with van der Waals surface area (Å²) in [6, 6.07) is 0. The van der Waals surface area contributed by atoms with Crippen molar-refractivity contribution < 1.29 is 9.47 Å². The molecule has 0 fully saturated rings. The smallest absolute Gasteiger partial charge is 0.143 e. The van der Waals surface area contributed by atoms with Crippen LogP contribution in [0.25, 0.3) is 0 Å². The number of anilines is 1. The van der Waals surface area contributed by atoms with E-state index in [0.29, 0.717) is 13.0 Å². The Morgan fingerprint density at radius 2 is 2.06 bits per heavy atom. The minimum absolute atomic E-state index is 0.106. The van der Waals surface area contributed by atoms with Gasteiger partial charge in [0.05, 0.1) is 22.0 Å². The second-order valence-electron chi connectivity index (χ2n) is 3.96. The quantitative estimate of drug-likeness (QED) is 0.752. The van der Waals surface area contributed by atoms with E-state index < -0.39 is 0 Å². The van der Waals surface area contributed by atoms with Crippen LogP contribution in [0.15, 0.2) is 0 Å². The maximum Gasteiger partial charge on any atom is 0.143 e. The molecule has 0 aliphatic rings. The Morgan fingerprint density at radius 1 is 1.33 bits per heavy atom. The minimum Gasteiger partial charge on any atom is -0.381 e. The highest BCUT2D eigenvalue weighted by molar-refractivity contribution is 14.1. The van der Waals surface area contributed by atoms with Crippen molar-refractivity contribution in [2.24, 2.45) is 0 Å². The normalized spacial score (nSPS) is 12.5. The lowest BCUT2D eigenvalue weighted by Crippen LogP contribution is -2.15. The number of hydrogen-bond donors (Lipinski definition) is 1. The van der Waals surface area contributed by atoms with E-state index in [0.717, 1.165) is 27.5 Å². The van der Waals surface area contributed by atoms with Gasteiger partial charge in [0.1, 0.15) is 11.6 Å². The van der Waals surface area contributed by atoms with Gasteiger partial charge in [0.2, 0.25) is 0 Å². The van der Waals surface area contributed by atoms with Crippen molar-refractivity contribution in [3.63, 3.8) is 0 Å². The molecule has 102 valence electrons. The fourth-order valence-corrected chi connectivity index (χ4v) is 2.08. The summed E-state index contributed by atoms with van der Waals surface area (Å²) < 4.78 is 11.4. The predicted molar refractivity (Wildman–Crippen MR) is 79.8 cm³/mol. The van der Waals surface area contributed by atoms with Gasteiger partial charge in [-0.15, -0.1) is 0 Å². The summed E-state index contributed by atoms with van der Waals surface area (Å²) in [6.07, 6.45) is 0.803. The van der Waals surface area contributed by atoms with Gasteiger partial charge in [0, 0.05) is 27.2 Å². The van der Waals surface area contributed by atoms with Gasteiger partial charge < -0.3 is 14.8 Å². The Balaban J connectivity index is 3.03. The first kappa shape index (κ1) is 15.6. The zero-order chi connectivity index (χ0) is 13.5. The molecule has 0 aromatic carbocycles. The first-order valence-electron chi connectivity index (χ1n) is 5.93. The van der Waals surface area contributed by atoms with Gasteiger partial charge in [-0.25, -0.2) is 9.97 Å². The molecule has 1 rings (SSSR count). The van der Waals surface area contributed by atoms with Crippen molar-refractivity contribution >= 4 is 28.4 Å². The molecule has 0 saturated carbocycles. The third-order valence-corrected chi connectivity index (χ3v) is 3.60. The molecule has 0 aliphatic carbocycles. The third kappa shape index (κ3) is 4.33. The molecule has 0 aliphatic heterocycles. The Hall–Kier alpha value is -0.470. The van der Waals surface area contributed by atoms with Crippen molar-refractivity contribution in [2.75, 3.05) is 26.1 Å². The Kier molecular flexibility index (Phi) is 6.80. The van der Waals surface area contributed by atoms with E-state index in [2.05, 4.69) is 37.9 Å². The van der Waals surface area contributed by atoms with Crippen molar-refractivity contribution in [1.29, 1.82) is 0 Å². The molecule has 1 unspecified atom stereocenters. The monoisotopic (exact) mass is 365 g/mol. The standard InChI is InChI=1S/C12H20IN3O2/c1-5-14-12-11(13)9(7-17-3)15-10(16-12)6-8(2)18-4/h8H,5-7H2,1-4H3,(H,14,15,16). The van der Waals surface area contributed by atoms with Gasteiger partial charge in [-0.1, -0.05) is 0 Å². The van der Waals surface area contributed by atoms with E-state index in [9.17, 15) is 0 Å². The van der Waals surface area contributed by atoms with Gasteiger partial charge in [0.25, 0.3) is 0 Å². The lowest BCUT2D eigenvalue weighted by atomic mass is 10.2. The molecule has 18 heavy (non-hydrogen) atoms. The lowest BCUT2D eigenvalue weighted by molar-refractivity contribution is 0.116. The van der Waals surface area contributed by atoms with Crippen molar-refractivity contribution in [3.05, 3.63) is 15.1 Å². The van der Waals surface area contributed by atoms with Gasteiger partial charge in [-0.05, 0) is 36.4 Å². The van der Waals surface area contributed by atoms with Gasteiger partial charge in [-0.2, -0.15) is 0 Å². The van der Waals surface area contributed by atoms with Crippen LogP contribution in [0.3, 0.4) is 0 Å². The zero-order valence-corrected chi connectivity index (χ0v) is 13.4. The van der Waals surface area contributed by atoms with Crippen LogP contribution in [-0.2, 0) is 22.5 Å². The summed E-state index contributed by atoms with van der Waals surface area (Å²) in [4.78, 5) is 9.06. The van der Waals surface area contributed by atoms with Crippen LogP contribution in [0.2, 0.25) is 0 Å². The molecule has 6 heteroatoms. The Morgan fingerprint density at radius 3 is 2.61 bits per heavy atom. The number of nitrogens with zero attached hydrogens (tertiary/aromatic N) is 2. The van der Waals surface area contributed by atoms with Gasteiger partial charge in [-0.3, -0.25) is 0 Å². The van der Waals surface area contributed by atoms with E-state index >= 15 is 0 Å².